The third-order valence-corrected chi connectivity index (χ3v) is 4.56. The molecular weight excluding hydrogens is 360 g/mol. The zero-order chi connectivity index (χ0) is 14.1. The molecule has 1 saturated carbocycles. The second-order valence-electron chi connectivity index (χ2n) is 5.20. The molecule has 5 nitrogen and oxygen atoms in total. The summed E-state index contributed by atoms with van der Waals surface area (Å²) in [5, 5.41) is 3.08. The van der Waals surface area contributed by atoms with Crippen molar-refractivity contribution in [1.82, 2.24) is 5.32 Å². The number of halogens is 2. The lowest BCUT2D eigenvalue weighted by molar-refractivity contribution is 0.0928. The smallest absolute Gasteiger partial charge is 0.251 e. The summed E-state index contributed by atoms with van der Waals surface area (Å²) in [6.45, 7) is 0.812. The maximum Gasteiger partial charge on any atom is 0.251 e. The van der Waals surface area contributed by atoms with Gasteiger partial charge in [0.15, 0.2) is 11.5 Å². The highest BCUT2D eigenvalue weighted by Crippen LogP contribution is 2.40. The topological polar surface area (TPSA) is 73.6 Å². The van der Waals surface area contributed by atoms with E-state index in [4.69, 9.17) is 15.2 Å². The van der Waals surface area contributed by atoms with Gasteiger partial charge in [0.25, 0.3) is 5.91 Å². The molecule has 1 aromatic carbocycles. The number of benzene rings is 1. The van der Waals surface area contributed by atoms with Crippen molar-refractivity contribution in [3.8, 4) is 11.5 Å². The first kappa shape index (κ1) is 16.4. The van der Waals surface area contributed by atoms with Crippen LogP contribution in [0.4, 0.5) is 0 Å². The molecule has 2 aliphatic rings. The molecule has 1 heterocycles. The third-order valence-electron chi connectivity index (χ3n) is 3.97. The minimum absolute atomic E-state index is 0. The Bertz CT molecular complexity index is 541. The standard InChI is InChI=1S/C14H17BrN2O3.ClH/c15-10-4-9(5-12-13(10)20-7-19-12)14(18)17-11-3-1-2-8(11)6-16;/h4-5,8,11H,1-3,6-7,16H2,(H,17,18);1H. The number of carbonyl (C=O) groups excluding carboxylic acids is 1. The first-order valence-electron chi connectivity index (χ1n) is 6.79. The molecule has 1 aromatic rings. The van der Waals surface area contributed by atoms with E-state index >= 15 is 0 Å². The van der Waals surface area contributed by atoms with E-state index in [1.165, 1.54) is 0 Å². The van der Waals surface area contributed by atoms with E-state index in [0.29, 0.717) is 29.5 Å². The highest BCUT2D eigenvalue weighted by molar-refractivity contribution is 9.10. The van der Waals surface area contributed by atoms with Gasteiger partial charge in [-0.3, -0.25) is 4.79 Å². The van der Waals surface area contributed by atoms with Crippen LogP contribution in [-0.2, 0) is 0 Å². The number of amides is 1. The first-order valence-corrected chi connectivity index (χ1v) is 7.58. The second kappa shape index (κ2) is 6.85. The van der Waals surface area contributed by atoms with Gasteiger partial charge in [-0.05, 0) is 53.4 Å². The Labute approximate surface area is 138 Å². The van der Waals surface area contributed by atoms with Crippen molar-refractivity contribution < 1.29 is 14.3 Å². The minimum atomic E-state index is -0.0886. The Morgan fingerprint density at radius 3 is 2.95 bits per heavy atom. The van der Waals surface area contributed by atoms with Crippen LogP contribution in [0.15, 0.2) is 16.6 Å². The van der Waals surface area contributed by atoms with Gasteiger partial charge in [0.2, 0.25) is 6.79 Å². The summed E-state index contributed by atoms with van der Waals surface area (Å²) in [7, 11) is 0. The predicted molar refractivity (Wildman–Crippen MR) is 85.2 cm³/mol. The Hall–Kier alpha value is -0.980. The lowest BCUT2D eigenvalue weighted by Crippen LogP contribution is -2.39. The number of hydrogen-bond donors (Lipinski definition) is 2. The largest absolute Gasteiger partial charge is 0.454 e. The van der Waals surface area contributed by atoms with Crippen LogP contribution in [-0.4, -0.2) is 25.3 Å². The molecule has 0 aromatic heterocycles. The SMILES string of the molecule is Cl.NCC1CCCC1NC(=O)c1cc(Br)c2c(c1)OCO2. The maximum atomic E-state index is 12.3. The number of hydrogen-bond acceptors (Lipinski definition) is 4. The van der Waals surface area contributed by atoms with Crippen LogP contribution in [0.2, 0.25) is 0 Å². The van der Waals surface area contributed by atoms with Crippen molar-refractivity contribution in [2.24, 2.45) is 11.7 Å². The summed E-state index contributed by atoms with van der Waals surface area (Å²) in [6.07, 6.45) is 3.21. The molecule has 2 atom stereocenters. The molecule has 0 saturated heterocycles. The van der Waals surface area contributed by atoms with Crippen LogP contribution in [0, 0.1) is 5.92 Å². The molecule has 0 spiro atoms. The van der Waals surface area contributed by atoms with E-state index < -0.39 is 0 Å². The number of carbonyl (C=O) groups is 1. The van der Waals surface area contributed by atoms with Crippen molar-refractivity contribution in [2.75, 3.05) is 13.3 Å². The fourth-order valence-corrected chi connectivity index (χ4v) is 3.42. The number of rotatable bonds is 3. The Morgan fingerprint density at radius 2 is 2.19 bits per heavy atom. The molecule has 1 amide bonds. The Morgan fingerprint density at radius 1 is 1.38 bits per heavy atom. The fraction of sp³-hybridized carbons (Fsp3) is 0.500. The number of nitrogens with one attached hydrogen (secondary N) is 1. The minimum Gasteiger partial charge on any atom is -0.454 e. The highest BCUT2D eigenvalue weighted by Gasteiger charge is 2.28. The van der Waals surface area contributed by atoms with E-state index in [0.717, 1.165) is 23.7 Å². The van der Waals surface area contributed by atoms with Gasteiger partial charge in [0.1, 0.15) is 0 Å². The highest BCUT2D eigenvalue weighted by atomic mass is 79.9. The molecule has 3 N–H and O–H groups in total. The summed E-state index contributed by atoms with van der Waals surface area (Å²) in [5.41, 5.74) is 6.31. The molecule has 0 bridgehead atoms. The first-order chi connectivity index (χ1) is 9.69. The summed E-state index contributed by atoms with van der Waals surface area (Å²) in [6, 6.07) is 3.65. The average molecular weight is 378 g/mol. The van der Waals surface area contributed by atoms with Gasteiger partial charge in [-0.15, -0.1) is 12.4 Å². The van der Waals surface area contributed by atoms with Crippen LogP contribution in [0.25, 0.3) is 0 Å². The Kier molecular flexibility index (Phi) is 5.35. The lowest BCUT2D eigenvalue weighted by atomic mass is 10.0. The van der Waals surface area contributed by atoms with Crippen molar-refractivity contribution in [3.05, 3.63) is 22.2 Å². The summed E-state index contributed by atoms with van der Waals surface area (Å²) < 4.78 is 11.4. The van der Waals surface area contributed by atoms with Gasteiger partial charge in [-0.2, -0.15) is 0 Å². The van der Waals surface area contributed by atoms with E-state index in [9.17, 15) is 4.79 Å². The fourth-order valence-electron chi connectivity index (χ4n) is 2.86. The van der Waals surface area contributed by atoms with Gasteiger partial charge >= 0.3 is 0 Å². The maximum absolute atomic E-state index is 12.3. The van der Waals surface area contributed by atoms with Gasteiger partial charge in [-0.25, -0.2) is 0 Å². The summed E-state index contributed by atoms with van der Waals surface area (Å²) in [4.78, 5) is 12.3. The molecule has 2 unspecified atom stereocenters. The van der Waals surface area contributed by atoms with Gasteiger partial charge in [0, 0.05) is 11.6 Å². The van der Waals surface area contributed by atoms with Crippen molar-refractivity contribution in [1.29, 1.82) is 0 Å². The molecule has 3 rings (SSSR count). The van der Waals surface area contributed by atoms with Crippen LogP contribution in [0.5, 0.6) is 11.5 Å². The van der Waals surface area contributed by atoms with Gasteiger partial charge in [0.05, 0.1) is 4.47 Å². The molecule has 1 fully saturated rings. The summed E-state index contributed by atoms with van der Waals surface area (Å²) >= 11 is 3.40. The lowest BCUT2D eigenvalue weighted by Gasteiger charge is -2.19. The molecule has 0 radical (unpaired) electrons. The monoisotopic (exact) mass is 376 g/mol. The molecular formula is C14H18BrClN2O3. The van der Waals surface area contributed by atoms with E-state index in [2.05, 4.69) is 21.2 Å². The number of nitrogens with two attached hydrogens (primary N) is 1. The average Bonchev–Trinajstić information content (AvgIpc) is 3.06. The van der Waals surface area contributed by atoms with E-state index in [1.807, 2.05) is 0 Å². The van der Waals surface area contributed by atoms with Crippen LogP contribution < -0.4 is 20.5 Å². The second-order valence-corrected chi connectivity index (χ2v) is 6.05. The van der Waals surface area contributed by atoms with Crippen molar-refractivity contribution in [3.63, 3.8) is 0 Å². The van der Waals surface area contributed by atoms with Crippen LogP contribution in [0.3, 0.4) is 0 Å². The molecule has 1 aliphatic heterocycles. The number of fused-ring (bicyclic) bond motifs is 1. The Balaban J connectivity index is 0.00000161. The van der Waals surface area contributed by atoms with E-state index in [-0.39, 0.29) is 31.1 Å². The molecule has 21 heavy (non-hydrogen) atoms. The van der Waals surface area contributed by atoms with Crippen molar-refractivity contribution in [2.45, 2.75) is 25.3 Å². The quantitative estimate of drug-likeness (QED) is 0.848. The molecule has 7 heteroatoms. The third kappa shape index (κ3) is 3.27. The zero-order valence-electron chi connectivity index (χ0n) is 11.4. The number of ether oxygens (including phenoxy) is 2. The predicted octanol–water partition coefficient (Wildman–Crippen LogP) is 2.46. The van der Waals surface area contributed by atoms with Crippen molar-refractivity contribution >= 4 is 34.2 Å². The summed E-state index contributed by atoms with van der Waals surface area (Å²) in [5.74, 6) is 1.55. The van der Waals surface area contributed by atoms with Crippen LogP contribution in [0.1, 0.15) is 29.6 Å². The van der Waals surface area contributed by atoms with Crippen LogP contribution >= 0.6 is 28.3 Å². The van der Waals surface area contributed by atoms with E-state index in [1.54, 1.807) is 12.1 Å². The van der Waals surface area contributed by atoms with Gasteiger partial charge < -0.3 is 20.5 Å². The van der Waals surface area contributed by atoms with Gasteiger partial charge in [-0.1, -0.05) is 6.42 Å². The zero-order valence-corrected chi connectivity index (χ0v) is 13.8. The molecule has 1 aliphatic carbocycles. The normalized spacial score (nSPS) is 22.8. The molecule has 116 valence electrons.